The summed E-state index contributed by atoms with van der Waals surface area (Å²) in [4.78, 5) is 24.4. The van der Waals surface area contributed by atoms with Crippen molar-refractivity contribution in [2.45, 2.75) is 6.42 Å². The smallest absolute Gasteiger partial charge is 0.253 e. The zero-order chi connectivity index (χ0) is 8.55. The normalized spacial score (nSPS) is 15.2. The number of hydrogen-bond acceptors (Lipinski definition) is 2. The van der Waals surface area contributed by atoms with Gasteiger partial charge in [0.2, 0.25) is 0 Å². The summed E-state index contributed by atoms with van der Waals surface area (Å²) in [5.74, 6) is -0.0967. The summed E-state index contributed by atoms with van der Waals surface area (Å²) in [5.41, 5.74) is 1.93. The topological polar surface area (TPSA) is 62.0 Å². The fraction of sp³-hybridized carbons (Fsp3) is 0.250. The molecule has 0 fully saturated rings. The van der Waals surface area contributed by atoms with Gasteiger partial charge in [0.1, 0.15) is 0 Å². The second-order valence-electron chi connectivity index (χ2n) is 2.74. The standard InChI is InChI=1S/C8H8N2O2/c11-4-5-3-6-7(10-5)1-2-9-8(6)12/h3-4,10H,1-2H2,(H,9,12). The van der Waals surface area contributed by atoms with Gasteiger partial charge in [-0.2, -0.15) is 0 Å². The van der Waals surface area contributed by atoms with Crippen LogP contribution in [0.15, 0.2) is 6.07 Å². The van der Waals surface area contributed by atoms with Crippen molar-refractivity contribution in [3.8, 4) is 0 Å². The number of H-pyrrole nitrogens is 1. The van der Waals surface area contributed by atoms with Crippen LogP contribution >= 0.6 is 0 Å². The Morgan fingerprint density at radius 3 is 3.00 bits per heavy atom. The minimum atomic E-state index is -0.0967. The summed E-state index contributed by atoms with van der Waals surface area (Å²) >= 11 is 0. The third-order valence-electron chi connectivity index (χ3n) is 1.95. The molecule has 0 bridgehead atoms. The lowest BCUT2D eigenvalue weighted by Gasteiger charge is -2.10. The molecule has 1 aromatic heterocycles. The van der Waals surface area contributed by atoms with E-state index in [1.54, 1.807) is 6.07 Å². The first-order valence-electron chi connectivity index (χ1n) is 3.76. The van der Waals surface area contributed by atoms with Crippen LogP contribution in [-0.4, -0.2) is 23.7 Å². The van der Waals surface area contributed by atoms with Crippen LogP contribution in [0.4, 0.5) is 0 Å². The summed E-state index contributed by atoms with van der Waals surface area (Å²) in [6.07, 6.45) is 1.49. The van der Waals surface area contributed by atoms with Gasteiger partial charge in [-0.25, -0.2) is 0 Å². The molecule has 0 radical (unpaired) electrons. The van der Waals surface area contributed by atoms with Crippen LogP contribution in [0.5, 0.6) is 0 Å². The first-order chi connectivity index (χ1) is 5.81. The average molecular weight is 164 g/mol. The Morgan fingerprint density at radius 2 is 2.33 bits per heavy atom. The molecular formula is C8H8N2O2. The van der Waals surface area contributed by atoms with Gasteiger partial charge in [-0.3, -0.25) is 9.59 Å². The van der Waals surface area contributed by atoms with E-state index in [1.807, 2.05) is 0 Å². The maximum Gasteiger partial charge on any atom is 0.253 e. The van der Waals surface area contributed by atoms with Crippen molar-refractivity contribution in [2.75, 3.05) is 6.54 Å². The Balaban J connectivity index is 2.50. The van der Waals surface area contributed by atoms with Crippen LogP contribution in [0, 0.1) is 0 Å². The van der Waals surface area contributed by atoms with E-state index in [4.69, 9.17) is 0 Å². The van der Waals surface area contributed by atoms with E-state index < -0.39 is 0 Å². The summed E-state index contributed by atoms with van der Waals surface area (Å²) in [5, 5.41) is 2.70. The molecule has 2 rings (SSSR count). The van der Waals surface area contributed by atoms with Crippen molar-refractivity contribution in [1.82, 2.24) is 10.3 Å². The van der Waals surface area contributed by atoms with Gasteiger partial charge in [-0.1, -0.05) is 0 Å². The molecule has 0 saturated heterocycles. The number of nitrogens with one attached hydrogen (secondary N) is 2. The largest absolute Gasteiger partial charge is 0.356 e. The lowest BCUT2D eigenvalue weighted by Crippen LogP contribution is -2.31. The predicted octanol–water partition coefficient (Wildman–Crippen LogP) is 0.113. The summed E-state index contributed by atoms with van der Waals surface area (Å²) in [6.45, 7) is 0.643. The molecule has 0 aliphatic carbocycles. The molecule has 0 atom stereocenters. The van der Waals surface area contributed by atoms with Crippen molar-refractivity contribution in [1.29, 1.82) is 0 Å². The highest BCUT2D eigenvalue weighted by molar-refractivity contribution is 5.97. The number of carbonyl (C=O) groups is 2. The maximum atomic E-state index is 11.2. The molecule has 1 aliphatic rings. The van der Waals surface area contributed by atoms with E-state index in [0.29, 0.717) is 24.1 Å². The summed E-state index contributed by atoms with van der Waals surface area (Å²) in [7, 11) is 0. The van der Waals surface area contributed by atoms with E-state index in [0.717, 1.165) is 12.1 Å². The van der Waals surface area contributed by atoms with Crippen LogP contribution in [0.1, 0.15) is 26.5 Å². The molecule has 4 heteroatoms. The first kappa shape index (κ1) is 7.09. The Kier molecular flexibility index (Phi) is 1.46. The first-order valence-corrected chi connectivity index (χ1v) is 3.76. The van der Waals surface area contributed by atoms with Crippen molar-refractivity contribution >= 4 is 12.2 Å². The highest BCUT2D eigenvalue weighted by Crippen LogP contribution is 2.13. The van der Waals surface area contributed by atoms with Gasteiger partial charge < -0.3 is 10.3 Å². The molecule has 2 N–H and O–H groups in total. The second kappa shape index (κ2) is 2.48. The van der Waals surface area contributed by atoms with Gasteiger partial charge in [-0.05, 0) is 6.07 Å². The lowest BCUT2D eigenvalue weighted by atomic mass is 10.1. The minimum absolute atomic E-state index is 0.0967. The molecule has 0 spiro atoms. The number of hydrogen-bond donors (Lipinski definition) is 2. The minimum Gasteiger partial charge on any atom is -0.356 e. The number of carbonyl (C=O) groups excluding carboxylic acids is 2. The molecule has 1 aromatic rings. The molecule has 12 heavy (non-hydrogen) atoms. The van der Waals surface area contributed by atoms with E-state index in [1.165, 1.54) is 0 Å². The van der Waals surface area contributed by atoms with Gasteiger partial charge in [0, 0.05) is 18.7 Å². The number of aldehydes is 1. The molecule has 62 valence electrons. The Morgan fingerprint density at radius 1 is 1.50 bits per heavy atom. The number of aromatic nitrogens is 1. The van der Waals surface area contributed by atoms with E-state index >= 15 is 0 Å². The number of fused-ring (bicyclic) bond motifs is 1. The maximum absolute atomic E-state index is 11.2. The monoisotopic (exact) mass is 164 g/mol. The van der Waals surface area contributed by atoms with Crippen molar-refractivity contribution in [3.63, 3.8) is 0 Å². The SMILES string of the molecule is O=Cc1cc2c([nH]1)CCNC2=O. The molecule has 0 unspecified atom stereocenters. The fourth-order valence-electron chi connectivity index (χ4n) is 1.38. The molecule has 4 nitrogen and oxygen atoms in total. The molecule has 1 aliphatic heterocycles. The lowest BCUT2D eigenvalue weighted by molar-refractivity contribution is 0.0946. The van der Waals surface area contributed by atoms with E-state index in [9.17, 15) is 9.59 Å². The number of aromatic amines is 1. The van der Waals surface area contributed by atoms with Crippen LogP contribution in [0.3, 0.4) is 0 Å². The third kappa shape index (κ3) is 0.922. The molecule has 2 heterocycles. The summed E-state index contributed by atoms with van der Waals surface area (Å²) in [6, 6.07) is 1.58. The second-order valence-corrected chi connectivity index (χ2v) is 2.74. The van der Waals surface area contributed by atoms with Crippen LogP contribution in [-0.2, 0) is 6.42 Å². The Labute approximate surface area is 69.0 Å². The van der Waals surface area contributed by atoms with Gasteiger partial charge in [0.15, 0.2) is 6.29 Å². The molecular weight excluding hydrogens is 156 g/mol. The van der Waals surface area contributed by atoms with E-state index in [2.05, 4.69) is 10.3 Å². The third-order valence-corrected chi connectivity index (χ3v) is 1.95. The van der Waals surface area contributed by atoms with Gasteiger partial charge in [0.25, 0.3) is 5.91 Å². The van der Waals surface area contributed by atoms with Crippen LogP contribution < -0.4 is 5.32 Å². The Hall–Kier alpha value is -1.58. The predicted molar refractivity (Wildman–Crippen MR) is 42.2 cm³/mol. The zero-order valence-corrected chi connectivity index (χ0v) is 6.39. The van der Waals surface area contributed by atoms with Gasteiger partial charge >= 0.3 is 0 Å². The molecule has 0 saturated carbocycles. The van der Waals surface area contributed by atoms with Crippen molar-refractivity contribution in [2.24, 2.45) is 0 Å². The van der Waals surface area contributed by atoms with Gasteiger partial charge in [-0.15, -0.1) is 0 Å². The highest BCUT2D eigenvalue weighted by Gasteiger charge is 2.18. The van der Waals surface area contributed by atoms with Crippen molar-refractivity contribution in [3.05, 3.63) is 23.0 Å². The number of amides is 1. The average Bonchev–Trinajstić information content (AvgIpc) is 2.49. The quantitative estimate of drug-likeness (QED) is 0.579. The Bertz CT molecular complexity index is 341. The van der Waals surface area contributed by atoms with E-state index in [-0.39, 0.29) is 5.91 Å². The molecule has 1 amide bonds. The van der Waals surface area contributed by atoms with Crippen LogP contribution in [0.25, 0.3) is 0 Å². The molecule has 0 aromatic carbocycles. The number of rotatable bonds is 1. The summed E-state index contributed by atoms with van der Waals surface area (Å²) < 4.78 is 0. The van der Waals surface area contributed by atoms with Gasteiger partial charge in [0.05, 0.1) is 11.3 Å². The zero-order valence-electron chi connectivity index (χ0n) is 6.39. The van der Waals surface area contributed by atoms with Crippen molar-refractivity contribution < 1.29 is 9.59 Å². The fourth-order valence-corrected chi connectivity index (χ4v) is 1.38. The highest BCUT2D eigenvalue weighted by atomic mass is 16.1. The van der Waals surface area contributed by atoms with Crippen LogP contribution in [0.2, 0.25) is 0 Å².